The Kier molecular flexibility index (Phi) is 10.1. The molecule has 1 unspecified atom stereocenters. The maximum absolute atomic E-state index is 12.6. The number of nitrogens with zero attached hydrogens (tertiary/aromatic N) is 2. The number of morpholine rings is 1. The average molecular weight is 432 g/mol. The largest absolute Gasteiger partial charge is 0.399 e. The Morgan fingerprint density at radius 1 is 1.22 bits per heavy atom. The van der Waals surface area contributed by atoms with E-state index in [1.54, 1.807) is 11.3 Å². The summed E-state index contributed by atoms with van der Waals surface area (Å²) in [6.45, 7) is 4.01. The van der Waals surface area contributed by atoms with Gasteiger partial charge in [-0.25, -0.2) is 0 Å². The number of nitrogens with two attached hydrogens (primary N) is 1. The molecule has 0 aliphatic carbocycles. The Balaban J connectivity index is 0.00000182. The minimum atomic E-state index is 0. The standard InChI is InChI=1S/C19H25N3O2S.2ClH/c1-21(19(23)13-15-4-6-16(20)7-5-15)14-17(18-3-2-12-25-18)22-8-10-24-11-9-22;;/h2-7,12,17H,8-11,13-14,20H2,1H3;2*1H. The fourth-order valence-corrected chi connectivity index (χ4v) is 3.91. The molecule has 8 heteroatoms. The van der Waals surface area contributed by atoms with E-state index < -0.39 is 0 Å². The second-order valence-electron chi connectivity index (χ2n) is 6.37. The summed E-state index contributed by atoms with van der Waals surface area (Å²) in [5.74, 6) is 0.125. The molecule has 0 bridgehead atoms. The maximum atomic E-state index is 12.6. The molecule has 0 saturated carbocycles. The zero-order chi connectivity index (χ0) is 17.6. The minimum Gasteiger partial charge on any atom is -0.399 e. The average Bonchev–Trinajstić information content (AvgIpc) is 3.16. The molecule has 1 aliphatic heterocycles. The number of anilines is 1. The van der Waals surface area contributed by atoms with E-state index >= 15 is 0 Å². The van der Waals surface area contributed by atoms with Gasteiger partial charge in [-0.1, -0.05) is 18.2 Å². The van der Waals surface area contributed by atoms with Crippen molar-refractivity contribution in [3.05, 3.63) is 52.2 Å². The molecule has 27 heavy (non-hydrogen) atoms. The molecule has 1 amide bonds. The molecular weight excluding hydrogens is 405 g/mol. The maximum Gasteiger partial charge on any atom is 0.226 e. The number of ether oxygens (including phenoxy) is 1. The van der Waals surface area contributed by atoms with Crippen LogP contribution in [0.1, 0.15) is 16.5 Å². The van der Waals surface area contributed by atoms with Crippen molar-refractivity contribution in [2.24, 2.45) is 0 Å². The summed E-state index contributed by atoms with van der Waals surface area (Å²) in [5.41, 5.74) is 7.42. The molecule has 2 N–H and O–H groups in total. The van der Waals surface area contributed by atoms with Crippen molar-refractivity contribution in [1.29, 1.82) is 0 Å². The van der Waals surface area contributed by atoms with Crippen molar-refractivity contribution < 1.29 is 9.53 Å². The second-order valence-corrected chi connectivity index (χ2v) is 7.35. The summed E-state index contributed by atoms with van der Waals surface area (Å²) in [4.78, 5) is 18.2. The number of nitrogen functional groups attached to an aromatic ring is 1. The molecule has 1 fully saturated rings. The Hall–Kier alpha value is -1.31. The van der Waals surface area contributed by atoms with Crippen LogP contribution in [0, 0.1) is 0 Å². The quantitative estimate of drug-likeness (QED) is 0.712. The van der Waals surface area contributed by atoms with Crippen LogP contribution in [0.3, 0.4) is 0 Å². The SMILES string of the molecule is CN(CC(c1cccs1)N1CCOCC1)C(=O)Cc1ccc(N)cc1.Cl.Cl. The predicted molar refractivity (Wildman–Crippen MR) is 116 cm³/mol. The van der Waals surface area contributed by atoms with Crippen LogP contribution in [0.25, 0.3) is 0 Å². The van der Waals surface area contributed by atoms with E-state index in [0.29, 0.717) is 13.0 Å². The highest BCUT2D eigenvalue weighted by Crippen LogP contribution is 2.27. The van der Waals surface area contributed by atoms with Crippen molar-refractivity contribution in [1.82, 2.24) is 9.80 Å². The summed E-state index contributed by atoms with van der Waals surface area (Å²) < 4.78 is 5.48. The minimum absolute atomic E-state index is 0. The van der Waals surface area contributed by atoms with E-state index in [9.17, 15) is 4.79 Å². The second kappa shape index (κ2) is 11.5. The van der Waals surface area contributed by atoms with Gasteiger partial charge in [0.2, 0.25) is 5.91 Å². The fourth-order valence-electron chi connectivity index (χ4n) is 3.06. The Morgan fingerprint density at radius 3 is 2.48 bits per heavy atom. The lowest BCUT2D eigenvalue weighted by molar-refractivity contribution is -0.130. The van der Waals surface area contributed by atoms with E-state index in [1.165, 1.54) is 4.88 Å². The lowest BCUT2D eigenvalue weighted by atomic mass is 10.1. The van der Waals surface area contributed by atoms with Crippen LogP contribution in [0.4, 0.5) is 5.69 Å². The third kappa shape index (κ3) is 6.66. The highest BCUT2D eigenvalue weighted by Gasteiger charge is 2.26. The third-order valence-corrected chi connectivity index (χ3v) is 5.54. The van der Waals surface area contributed by atoms with E-state index in [-0.39, 0.29) is 36.8 Å². The van der Waals surface area contributed by atoms with Crippen molar-refractivity contribution in [3.8, 4) is 0 Å². The molecule has 2 heterocycles. The number of carbonyl (C=O) groups excluding carboxylic acids is 1. The summed E-state index contributed by atoms with van der Waals surface area (Å²) in [6, 6.07) is 12.0. The van der Waals surface area contributed by atoms with Gasteiger partial charge in [0.1, 0.15) is 0 Å². The van der Waals surface area contributed by atoms with Crippen LogP contribution in [0.15, 0.2) is 41.8 Å². The van der Waals surface area contributed by atoms with Crippen LogP contribution in [-0.4, -0.2) is 55.6 Å². The van der Waals surface area contributed by atoms with E-state index in [1.807, 2.05) is 36.2 Å². The van der Waals surface area contributed by atoms with Crippen LogP contribution < -0.4 is 5.73 Å². The first-order chi connectivity index (χ1) is 12.1. The Morgan fingerprint density at radius 2 is 1.89 bits per heavy atom. The van der Waals surface area contributed by atoms with Crippen molar-refractivity contribution in [2.45, 2.75) is 12.5 Å². The zero-order valence-electron chi connectivity index (χ0n) is 15.4. The molecule has 0 radical (unpaired) electrons. The van der Waals surface area contributed by atoms with E-state index in [2.05, 4.69) is 22.4 Å². The van der Waals surface area contributed by atoms with Gasteiger partial charge in [-0.15, -0.1) is 36.2 Å². The van der Waals surface area contributed by atoms with Crippen molar-refractivity contribution in [2.75, 3.05) is 45.6 Å². The Labute approximate surface area is 177 Å². The first-order valence-electron chi connectivity index (χ1n) is 8.57. The van der Waals surface area contributed by atoms with Gasteiger partial charge in [0, 0.05) is 37.2 Å². The number of benzene rings is 1. The normalized spacial score (nSPS) is 15.3. The third-order valence-electron chi connectivity index (χ3n) is 4.57. The van der Waals surface area contributed by atoms with Gasteiger partial charge >= 0.3 is 0 Å². The number of thiophene rings is 1. The van der Waals surface area contributed by atoms with Gasteiger partial charge in [0.25, 0.3) is 0 Å². The van der Waals surface area contributed by atoms with Crippen molar-refractivity contribution in [3.63, 3.8) is 0 Å². The Bertz CT molecular complexity index is 677. The van der Waals surface area contributed by atoms with E-state index in [4.69, 9.17) is 10.5 Å². The molecule has 5 nitrogen and oxygen atoms in total. The molecular formula is C19H27Cl2N3O2S. The molecule has 1 atom stereocenters. The number of halogens is 2. The van der Waals surface area contributed by atoms with Gasteiger partial charge in [-0.3, -0.25) is 9.69 Å². The molecule has 3 rings (SSSR count). The number of hydrogen-bond acceptors (Lipinski definition) is 5. The summed E-state index contributed by atoms with van der Waals surface area (Å²) >= 11 is 1.75. The fraction of sp³-hybridized carbons (Fsp3) is 0.421. The van der Waals surface area contributed by atoms with Gasteiger partial charge in [0.15, 0.2) is 0 Å². The summed E-state index contributed by atoms with van der Waals surface area (Å²) in [7, 11) is 1.89. The first-order valence-corrected chi connectivity index (χ1v) is 9.45. The molecule has 2 aromatic rings. The molecule has 150 valence electrons. The topological polar surface area (TPSA) is 58.8 Å². The van der Waals surface area contributed by atoms with Gasteiger partial charge in [-0.2, -0.15) is 0 Å². The zero-order valence-corrected chi connectivity index (χ0v) is 17.8. The molecule has 1 aromatic carbocycles. The monoisotopic (exact) mass is 431 g/mol. The summed E-state index contributed by atoms with van der Waals surface area (Å²) in [6.07, 6.45) is 0.400. The number of amides is 1. The lowest BCUT2D eigenvalue weighted by Crippen LogP contribution is -2.44. The van der Waals surface area contributed by atoms with Crippen LogP contribution >= 0.6 is 36.2 Å². The summed E-state index contributed by atoms with van der Waals surface area (Å²) in [5, 5.41) is 2.10. The van der Waals surface area contributed by atoms with E-state index in [0.717, 1.165) is 37.6 Å². The predicted octanol–water partition coefficient (Wildman–Crippen LogP) is 3.25. The molecule has 1 aliphatic rings. The lowest BCUT2D eigenvalue weighted by Gasteiger charge is -2.36. The van der Waals surface area contributed by atoms with Gasteiger partial charge in [0.05, 0.1) is 25.7 Å². The van der Waals surface area contributed by atoms with Crippen LogP contribution in [0.2, 0.25) is 0 Å². The molecule has 1 aromatic heterocycles. The van der Waals surface area contributed by atoms with Crippen LogP contribution in [0.5, 0.6) is 0 Å². The highest BCUT2D eigenvalue weighted by atomic mass is 35.5. The smallest absolute Gasteiger partial charge is 0.226 e. The molecule has 0 spiro atoms. The van der Waals surface area contributed by atoms with Gasteiger partial charge < -0.3 is 15.4 Å². The number of hydrogen-bond donors (Lipinski definition) is 1. The highest BCUT2D eigenvalue weighted by molar-refractivity contribution is 7.10. The number of carbonyl (C=O) groups is 1. The van der Waals surface area contributed by atoms with Gasteiger partial charge in [-0.05, 0) is 29.1 Å². The number of rotatable bonds is 6. The number of likely N-dealkylation sites (N-methyl/N-ethyl adjacent to an activating group) is 1. The molecule has 1 saturated heterocycles. The first kappa shape index (κ1) is 23.7. The van der Waals surface area contributed by atoms with Crippen LogP contribution in [-0.2, 0) is 16.0 Å². The van der Waals surface area contributed by atoms with Crippen molar-refractivity contribution >= 4 is 47.7 Å².